The molecule has 2 amide bonds. The van der Waals surface area contributed by atoms with Gasteiger partial charge in [-0.3, -0.25) is 15.0 Å². The zero-order valence-corrected chi connectivity index (χ0v) is 16.4. The Hall–Kier alpha value is -2.55. The molecule has 2 aromatic carbocycles. The fourth-order valence-electron chi connectivity index (χ4n) is 2.59. The predicted molar refractivity (Wildman–Crippen MR) is 107 cm³/mol. The van der Waals surface area contributed by atoms with Crippen LogP contribution in [0.2, 0.25) is 0 Å². The maximum Gasteiger partial charge on any atom is 0.282 e. The van der Waals surface area contributed by atoms with E-state index in [-0.39, 0.29) is 5.57 Å². The van der Waals surface area contributed by atoms with E-state index in [1.807, 2.05) is 19.1 Å². The average molecular weight is 464 g/mol. The third kappa shape index (κ3) is 3.52. The maximum atomic E-state index is 12.6. The van der Waals surface area contributed by atoms with E-state index in [0.29, 0.717) is 29.4 Å². The number of hydrogen-bond donors (Lipinski definition) is 1. The molecule has 2 aromatic rings. The first-order chi connectivity index (χ1) is 12.5. The van der Waals surface area contributed by atoms with E-state index in [9.17, 15) is 9.59 Å². The van der Waals surface area contributed by atoms with Crippen molar-refractivity contribution in [2.24, 2.45) is 0 Å². The van der Waals surface area contributed by atoms with Crippen LogP contribution < -0.4 is 19.9 Å². The Morgan fingerprint density at radius 3 is 2.58 bits per heavy atom. The molecule has 134 valence electrons. The summed E-state index contributed by atoms with van der Waals surface area (Å²) in [4.78, 5) is 24.9. The molecule has 1 aliphatic heterocycles. The van der Waals surface area contributed by atoms with Crippen molar-refractivity contribution in [3.8, 4) is 11.5 Å². The summed E-state index contributed by atoms with van der Waals surface area (Å²) in [5, 5.41) is 1.24. The van der Waals surface area contributed by atoms with Gasteiger partial charge in [0.15, 0.2) is 11.5 Å². The second kappa shape index (κ2) is 7.77. The highest BCUT2D eigenvalue weighted by Gasteiger charge is 2.34. The molecule has 0 atom stereocenters. The summed E-state index contributed by atoms with van der Waals surface area (Å²) in [6, 6.07) is 12.5. The standard InChI is InChI=1S/C19H17IN2O4/c1-3-26-17-15(20)10-12(11-16(17)25-2)9-14-18(23)21-22(19(14)24)13-7-5-4-6-8-13/h4-11H,3H2,1-2H3,(H,21,23)/b14-9-. The molecular formula is C19H17IN2O4. The molecule has 6 nitrogen and oxygen atoms in total. The van der Waals surface area contributed by atoms with Crippen molar-refractivity contribution in [3.05, 3.63) is 57.2 Å². The zero-order chi connectivity index (χ0) is 18.7. The van der Waals surface area contributed by atoms with Crippen LogP contribution in [0.3, 0.4) is 0 Å². The van der Waals surface area contributed by atoms with Crippen LogP contribution in [0.25, 0.3) is 6.08 Å². The number of carbonyl (C=O) groups excluding carboxylic acids is 2. The Bertz CT molecular complexity index is 881. The Labute approximate surface area is 164 Å². The van der Waals surface area contributed by atoms with Crippen LogP contribution in [0, 0.1) is 3.57 Å². The number of hydrazine groups is 1. The van der Waals surface area contributed by atoms with E-state index in [2.05, 4.69) is 28.0 Å². The molecule has 1 fully saturated rings. The lowest BCUT2D eigenvalue weighted by Crippen LogP contribution is -2.35. The Morgan fingerprint density at radius 2 is 1.92 bits per heavy atom. The number of nitrogens with one attached hydrogen (secondary N) is 1. The van der Waals surface area contributed by atoms with Crippen molar-refractivity contribution in [2.75, 3.05) is 18.7 Å². The van der Waals surface area contributed by atoms with E-state index < -0.39 is 11.8 Å². The minimum atomic E-state index is -0.443. The minimum absolute atomic E-state index is 0.0656. The van der Waals surface area contributed by atoms with Gasteiger partial charge >= 0.3 is 0 Å². The molecular weight excluding hydrogens is 447 g/mol. The van der Waals surface area contributed by atoms with Crippen LogP contribution in [0.4, 0.5) is 5.69 Å². The van der Waals surface area contributed by atoms with Crippen LogP contribution in [0.1, 0.15) is 12.5 Å². The van der Waals surface area contributed by atoms with Gasteiger partial charge in [0.05, 0.1) is 23.0 Å². The molecule has 3 rings (SSSR count). The number of rotatable bonds is 5. The van der Waals surface area contributed by atoms with Crippen LogP contribution in [-0.2, 0) is 9.59 Å². The summed E-state index contributed by atoms with van der Waals surface area (Å²) in [5.41, 5.74) is 3.94. The van der Waals surface area contributed by atoms with Gasteiger partial charge in [0, 0.05) is 0 Å². The molecule has 0 unspecified atom stereocenters. The van der Waals surface area contributed by atoms with E-state index in [1.54, 1.807) is 43.5 Å². The first-order valence-electron chi connectivity index (χ1n) is 7.97. The van der Waals surface area contributed by atoms with Gasteiger partial charge in [-0.2, -0.15) is 0 Å². The summed E-state index contributed by atoms with van der Waals surface area (Å²) < 4.78 is 11.8. The molecule has 1 saturated heterocycles. The van der Waals surface area contributed by atoms with Gasteiger partial charge in [0.2, 0.25) is 0 Å². The fraction of sp³-hybridized carbons (Fsp3) is 0.158. The lowest BCUT2D eigenvalue weighted by atomic mass is 10.1. The number of benzene rings is 2. The smallest absolute Gasteiger partial charge is 0.282 e. The summed E-state index contributed by atoms with van der Waals surface area (Å²) in [6.45, 7) is 2.41. The van der Waals surface area contributed by atoms with Crippen LogP contribution >= 0.6 is 22.6 Å². The number of ether oxygens (including phenoxy) is 2. The van der Waals surface area contributed by atoms with Gasteiger partial charge < -0.3 is 9.47 Å². The number of amides is 2. The number of halogens is 1. The van der Waals surface area contributed by atoms with E-state index >= 15 is 0 Å². The van der Waals surface area contributed by atoms with Crippen molar-refractivity contribution >= 4 is 46.2 Å². The van der Waals surface area contributed by atoms with E-state index in [1.165, 1.54) is 5.01 Å². The van der Waals surface area contributed by atoms with Crippen LogP contribution in [-0.4, -0.2) is 25.5 Å². The van der Waals surface area contributed by atoms with Crippen molar-refractivity contribution < 1.29 is 19.1 Å². The number of carbonyl (C=O) groups is 2. The van der Waals surface area contributed by atoms with Gasteiger partial charge in [0.25, 0.3) is 11.8 Å². The van der Waals surface area contributed by atoms with Gasteiger partial charge in [-0.25, -0.2) is 5.01 Å². The average Bonchev–Trinajstić information content (AvgIpc) is 2.92. The summed E-state index contributed by atoms with van der Waals surface area (Å²) >= 11 is 2.14. The van der Waals surface area contributed by atoms with Gasteiger partial charge in [-0.15, -0.1) is 0 Å². The first kappa shape index (κ1) is 18.2. The van der Waals surface area contributed by atoms with Gasteiger partial charge in [0.1, 0.15) is 5.57 Å². The Morgan fingerprint density at radius 1 is 1.19 bits per heavy atom. The SMILES string of the molecule is CCOc1c(I)cc(/C=C2/C(=O)NN(c3ccccc3)C2=O)cc1OC. The highest BCUT2D eigenvalue weighted by atomic mass is 127. The highest BCUT2D eigenvalue weighted by molar-refractivity contribution is 14.1. The molecule has 1 heterocycles. The molecule has 0 aliphatic carbocycles. The number of hydrogen-bond acceptors (Lipinski definition) is 4. The topological polar surface area (TPSA) is 67.9 Å². The van der Waals surface area contributed by atoms with Crippen molar-refractivity contribution in [1.29, 1.82) is 0 Å². The third-order valence-corrected chi connectivity index (χ3v) is 4.56. The Balaban J connectivity index is 1.96. The maximum absolute atomic E-state index is 12.6. The normalized spacial score (nSPS) is 15.3. The number of nitrogens with zero attached hydrogens (tertiary/aromatic N) is 1. The monoisotopic (exact) mass is 464 g/mol. The summed E-state index contributed by atoms with van der Waals surface area (Å²) in [6.07, 6.45) is 1.56. The molecule has 26 heavy (non-hydrogen) atoms. The summed E-state index contributed by atoms with van der Waals surface area (Å²) in [7, 11) is 1.55. The first-order valence-corrected chi connectivity index (χ1v) is 9.05. The fourth-order valence-corrected chi connectivity index (χ4v) is 3.37. The van der Waals surface area contributed by atoms with Crippen molar-refractivity contribution in [3.63, 3.8) is 0 Å². The number of para-hydroxylation sites is 1. The largest absolute Gasteiger partial charge is 0.493 e. The van der Waals surface area contributed by atoms with Gasteiger partial charge in [-0.05, 0) is 65.4 Å². The molecule has 0 bridgehead atoms. The molecule has 1 aliphatic rings. The number of anilines is 1. The van der Waals surface area contributed by atoms with Gasteiger partial charge in [-0.1, -0.05) is 18.2 Å². The summed E-state index contributed by atoms with van der Waals surface area (Å²) in [5.74, 6) is 0.355. The Kier molecular flexibility index (Phi) is 5.46. The lowest BCUT2D eigenvalue weighted by Gasteiger charge is -2.14. The third-order valence-electron chi connectivity index (χ3n) is 3.76. The van der Waals surface area contributed by atoms with Crippen molar-refractivity contribution in [2.45, 2.75) is 6.92 Å². The second-order valence-corrected chi connectivity index (χ2v) is 6.60. The molecule has 0 saturated carbocycles. The second-order valence-electron chi connectivity index (χ2n) is 5.44. The highest BCUT2D eigenvalue weighted by Crippen LogP contribution is 2.35. The quantitative estimate of drug-likeness (QED) is 0.420. The molecule has 0 radical (unpaired) electrons. The van der Waals surface area contributed by atoms with E-state index in [0.717, 1.165) is 3.57 Å². The molecule has 0 aromatic heterocycles. The molecule has 0 spiro atoms. The minimum Gasteiger partial charge on any atom is -0.493 e. The van der Waals surface area contributed by atoms with Crippen molar-refractivity contribution in [1.82, 2.24) is 5.43 Å². The zero-order valence-electron chi connectivity index (χ0n) is 14.3. The number of methoxy groups -OCH3 is 1. The van der Waals surface area contributed by atoms with E-state index in [4.69, 9.17) is 9.47 Å². The molecule has 1 N–H and O–H groups in total. The van der Waals surface area contributed by atoms with Crippen LogP contribution in [0.5, 0.6) is 11.5 Å². The molecule has 7 heteroatoms. The van der Waals surface area contributed by atoms with Crippen LogP contribution in [0.15, 0.2) is 48.0 Å². The lowest BCUT2D eigenvalue weighted by molar-refractivity contribution is -0.117. The predicted octanol–water partition coefficient (Wildman–Crippen LogP) is 3.16.